The van der Waals surface area contributed by atoms with E-state index in [-0.39, 0.29) is 5.92 Å². The molecule has 2 aliphatic carbocycles. The fourth-order valence-electron chi connectivity index (χ4n) is 3.66. The molecular formula is C15H24O. The molecule has 1 nitrogen and oxygen atoms in total. The Morgan fingerprint density at radius 2 is 2.12 bits per heavy atom. The lowest BCUT2D eigenvalue weighted by molar-refractivity contribution is -0.123. The fraction of sp³-hybridized carbons (Fsp3) is 0.800. The summed E-state index contributed by atoms with van der Waals surface area (Å²) in [6.45, 7) is 6.14. The monoisotopic (exact) mass is 220 g/mol. The number of fused-ring (bicyclic) bond motifs is 1. The lowest BCUT2D eigenvalue weighted by Gasteiger charge is -2.41. The molecule has 4 atom stereocenters. The number of hydrogen-bond acceptors (Lipinski definition) is 1. The van der Waals surface area contributed by atoms with E-state index in [0.717, 1.165) is 5.92 Å². The topological polar surface area (TPSA) is 17.1 Å². The van der Waals surface area contributed by atoms with Crippen molar-refractivity contribution in [3.05, 3.63) is 11.6 Å². The average Bonchev–Trinajstić information content (AvgIpc) is 2.27. The first-order valence-corrected chi connectivity index (χ1v) is 6.77. The Morgan fingerprint density at radius 3 is 2.81 bits per heavy atom. The summed E-state index contributed by atoms with van der Waals surface area (Å²) in [6.07, 6.45) is 9.09. The van der Waals surface area contributed by atoms with E-state index < -0.39 is 0 Å². The lowest BCUT2D eigenvalue weighted by atomic mass is 9.63. The van der Waals surface area contributed by atoms with Crippen molar-refractivity contribution in [3.8, 4) is 0 Å². The van der Waals surface area contributed by atoms with Crippen molar-refractivity contribution in [2.45, 2.75) is 52.9 Å². The van der Waals surface area contributed by atoms with Crippen LogP contribution in [0.2, 0.25) is 0 Å². The van der Waals surface area contributed by atoms with Crippen LogP contribution in [0, 0.1) is 23.7 Å². The van der Waals surface area contributed by atoms with Crippen LogP contribution in [0.15, 0.2) is 11.6 Å². The predicted octanol–water partition coefficient (Wildman–Crippen LogP) is 3.98. The van der Waals surface area contributed by atoms with Gasteiger partial charge in [-0.25, -0.2) is 0 Å². The van der Waals surface area contributed by atoms with Crippen molar-refractivity contribution >= 4 is 5.78 Å². The van der Waals surface area contributed by atoms with E-state index >= 15 is 0 Å². The van der Waals surface area contributed by atoms with Crippen molar-refractivity contribution in [1.29, 1.82) is 0 Å². The molecule has 90 valence electrons. The molecule has 16 heavy (non-hydrogen) atoms. The van der Waals surface area contributed by atoms with Crippen molar-refractivity contribution in [2.75, 3.05) is 0 Å². The fourth-order valence-corrected chi connectivity index (χ4v) is 3.66. The normalized spacial score (nSPS) is 36.2. The van der Waals surface area contributed by atoms with Crippen LogP contribution in [0.3, 0.4) is 0 Å². The zero-order chi connectivity index (χ0) is 11.7. The summed E-state index contributed by atoms with van der Waals surface area (Å²) in [6, 6.07) is 0. The Balaban J connectivity index is 2.18. The molecule has 0 aromatic carbocycles. The molecule has 0 spiro atoms. The van der Waals surface area contributed by atoms with Crippen LogP contribution in [0.25, 0.3) is 0 Å². The number of Topliss-reactive ketones (excluding diaryl/α,β-unsaturated/α-hetero) is 1. The number of ketones is 1. The third-order valence-electron chi connectivity index (χ3n) is 4.82. The van der Waals surface area contributed by atoms with Gasteiger partial charge in [0.15, 0.2) is 0 Å². The smallest absolute Gasteiger partial charge is 0.132 e. The summed E-state index contributed by atoms with van der Waals surface area (Å²) in [5.74, 6) is 2.81. The zero-order valence-corrected chi connectivity index (χ0v) is 10.8. The van der Waals surface area contributed by atoms with E-state index in [1.54, 1.807) is 12.5 Å². The van der Waals surface area contributed by atoms with Crippen LogP contribution >= 0.6 is 0 Å². The third-order valence-corrected chi connectivity index (χ3v) is 4.82. The number of carbonyl (C=O) groups excluding carboxylic acids is 1. The molecule has 2 rings (SSSR count). The summed E-state index contributed by atoms with van der Waals surface area (Å²) in [5.41, 5.74) is 1.55. The predicted molar refractivity (Wildman–Crippen MR) is 67.2 cm³/mol. The molecule has 0 radical (unpaired) electrons. The van der Waals surface area contributed by atoms with Gasteiger partial charge in [-0.1, -0.05) is 25.0 Å². The number of rotatable bonds is 2. The average molecular weight is 220 g/mol. The highest BCUT2D eigenvalue weighted by Crippen LogP contribution is 2.45. The Hall–Kier alpha value is -0.590. The highest BCUT2D eigenvalue weighted by atomic mass is 16.1. The summed E-state index contributed by atoms with van der Waals surface area (Å²) < 4.78 is 0. The molecule has 0 N–H and O–H groups in total. The molecule has 0 amide bonds. The van der Waals surface area contributed by atoms with Gasteiger partial charge in [0.25, 0.3) is 0 Å². The first-order chi connectivity index (χ1) is 7.59. The van der Waals surface area contributed by atoms with Gasteiger partial charge < -0.3 is 0 Å². The molecule has 0 saturated heterocycles. The molecule has 1 heteroatoms. The molecule has 1 saturated carbocycles. The van der Waals surface area contributed by atoms with Gasteiger partial charge in [-0.05, 0) is 57.3 Å². The van der Waals surface area contributed by atoms with E-state index in [0.29, 0.717) is 17.6 Å². The molecular weight excluding hydrogens is 196 g/mol. The highest BCUT2D eigenvalue weighted by Gasteiger charge is 2.37. The van der Waals surface area contributed by atoms with Crippen LogP contribution in [-0.2, 0) is 4.79 Å². The number of hydrogen-bond donors (Lipinski definition) is 0. The second kappa shape index (κ2) is 4.73. The first-order valence-electron chi connectivity index (χ1n) is 6.77. The van der Waals surface area contributed by atoms with Crippen LogP contribution in [0.4, 0.5) is 0 Å². The summed E-state index contributed by atoms with van der Waals surface area (Å²) in [4.78, 5) is 11.6. The standard InChI is InChI=1S/C15H24O/c1-10-7-8-13-5-4-6-14(15(13)9-10)11(2)12(3)16/h9,11,13-15H,4-8H2,1-3H3/t11?,13-,14?,15+/m1/s1. The van der Waals surface area contributed by atoms with E-state index in [4.69, 9.17) is 0 Å². The van der Waals surface area contributed by atoms with Gasteiger partial charge in [-0.2, -0.15) is 0 Å². The lowest BCUT2D eigenvalue weighted by Crippen LogP contribution is -2.35. The SMILES string of the molecule is CC(=O)C(C)C1CCC[C@@H]2CCC(C)=C[C@H]12. The Morgan fingerprint density at radius 1 is 1.38 bits per heavy atom. The zero-order valence-electron chi connectivity index (χ0n) is 10.8. The van der Waals surface area contributed by atoms with Crippen LogP contribution < -0.4 is 0 Å². The van der Waals surface area contributed by atoms with Crippen LogP contribution in [-0.4, -0.2) is 5.78 Å². The quantitative estimate of drug-likeness (QED) is 0.643. The largest absolute Gasteiger partial charge is 0.300 e. The Labute approximate surface area is 99.3 Å². The molecule has 0 bridgehead atoms. The summed E-state index contributed by atoms with van der Waals surface area (Å²) in [7, 11) is 0. The van der Waals surface area contributed by atoms with Crippen molar-refractivity contribution in [2.24, 2.45) is 23.7 Å². The third kappa shape index (κ3) is 2.23. The van der Waals surface area contributed by atoms with Crippen LogP contribution in [0.5, 0.6) is 0 Å². The molecule has 2 aliphatic rings. The second-order valence-electron chi connectivity index (χ2n) is 5.88. The van der Waals surface area contributed by atoms with E-state index in [1.165, 1.54) is 32.1 Å². The summed E-state index contributed by atoms with van der Waals surface area (Å²) in [5, 5.41) is 0. The van der Waals surface area contributed by atoms with Gasteiger partial charge in [-0.15, -0.1) is 0 Å². The number of carbonyl (C=O) groups is 1. The van der Waals surface area contributed by atoms with E-state index in [9.17, 15) is 4.79 Å². The maximum atomic E-state index is 11.6. The van der Waals surface area contributed by atoms with Gasteiger partial charge in [0.2, 0.25) is 0 Å². The minimum Gasteiger partial charge on any atom is -0.300 e. The van der Waals surface area contributed by atoms with Gasteiger partial charge in [0, 0.05) is 5.92 Å². The first kappa shape index (κ1) is 11.9. The molecule has 2 unspecified atom stereocenters. The Bertz CT molecular complexity index is 303. The molecule has 0 aromatic rings. The molecule has 0 aromatic heterocycles. The minimum absolute atomic E-state index is 0.259. The van der Waals surface area contributed by atoms with E-state index in [2.05, 4.69) is 19.9 Å². The molecule has 1 fully saturated rings. The molecule has 0 aliphatic heterocycles. The minimum atomic E-state index is 0.259. The maximum absolute atomic E-state index is 11.6. The summed E-state index contributed by atoms with van der Waals surface area (Å²) >= 11 is 0. The number of allylic oxidation sites excluding steroid dienone is 2. The van der Waals surface area contributed by atoms with Gasteiger partial charge in [-0.3, -0.25) is 4.79 Å². The van der Waals surface area contributed by atoms with Gasteiger partial charge in [0.1, 0.15) is 5.78 Å². The van der Waals surface area contributed by atoms with Crippen molar-refractivity contribution in [3.63, 3.8) is 0 Å². The van der Waals surface area contributed by atoms with E-state index in [1.807, 2.05) is 0 Å². The second-order valence-corrected chi connectivity index (χ2v) is 5.88. The molecule has 0 heterocycles. The Kier molecular flexibility index (Phi) is 3.51. The van der Waals surface area contributed by atoms with Crippen molar-refractivity contribution in [1.82, 2.24) is 0 Å². The van der Waals surface area contributed by atoms with Crippen LogP contribution in [0.1, 0.15) is 52.9 Å². The van der Waals surface area contributed by atoms with Crippen molar-refractivity contribution < 1.29 is 4.79 Å². The van der Waals surface area contributed by atoms with Gasteiger partial charge >= 0.3 is 0 Å². The van der Waals surface area contributed by atoms with Gasteiger partial charge in [0.05, 0.1) is 0 Å². The highest BCUT2D eigenvalue weighted by molar-refractivity contribution is 5.78. The maximum Gasteiger partial charge on any atom is 0.132 e.